The highest BCUT2D eigenvalue weighted by molar-refractivity contribution is 5.87. The first-order valence-electron chi connectivity index (χ1n) is 7.51. The molecule has 1 atom stereocenters. The number of nitrogens with one attached hydrogen (secondary N) is 2. The van der Waals surface area contributed by atoms with Gasteiger partial charge in [0.25, 0.3) is 0 Å². The third-order valence-corrected chi connectivity index (χ3v) is 3.49. The highest BCUT2D eigenvalue weighted by Crippen LogP contribution is 2.24. The molecular weight excluding hydrogens is 252 g/mol. The number of carbonyl (C=O) groups is 1. The first kappa shape index (κ1) is 14.9. The molecule has 0 spiro atoms. The molecule has 0 aliphatic carbocycles. The molecule has 1 aliphatic heterocycles. The van der Waals surface area contributed by atoms with Crippen molar-refractivity contribution >= 4 is 11.6 Å². The van der Waals surface area contributed by atoms with Gasteiger partial charge in [0.05, 0.1) is 0 Å². The van der Waals surface area contributed by atoms with Crippen molar-refractivity contribution in [3.8, 4) is 0 Å². The summed E-state index contributed by atoms with van der Waals surface area (Å²) in [5.41, 5.74) is 2.30. The zero-order valence-corrected chi connectivity index (χ0v) is 12.2. The maximum atomic E-state index is 12.0. The van der Waals surface area contributed by atoms with Gasteiger partial charge in [0.15, 0.2) is 0 Å². The molecule has 110 valence electrons. The zero-order valence-electron chi connectivity index (χ0n) is 12.2. The second kappa shape index (κ2) is 7.90. The number of para-hydroxylation sites is 1. The third-order valence-electron chi connectivity index (χ3n) is 3.49. The quantitative estimate of drug-likeness (QED) is 0.717. The van der Waals surface area contributed by atoms with Crippen LogP contribution in [0, 0.1) is 0 Å². The second-order valence-electron chi connectivity index (χ2n) is 5.17. The van der Waals surface area contributed by atoms with Gasteiger partial charge in [0.1, 0.15) is 6.04 Å². The standard InChI is InChI=1S/C16H24N2O2/c1-2-3-10-20-11-6-9-17-16(19)15-12-13-7-4-5-8-14(13)18-15/h4-5,7-8,15,18H,2-3,6,9-12H2,1H3,(H,17,19)/t15-/m0/s1. The lowest BCUT2D eigenvalue weighted by Crippen LogP contribution is -2.39. The summed E-state index contributed by atoms with van der Waals surface area (Å²) < 4.78 is 5.47. The number of hydrogen-bond donors (Lipinski definition) is 2. The van der Waals surface area contributed by atoms with Crippen LogP contribution in [0.3, 0.4) is 0 Å². The summed E-state index contributed by atoms with van der Waals surface area (Å²) in [6.45, 7) is 4.37. The molecule has 0 aromatic heterocycles. The van der Waals surface area contributed by atoms with E-state index in [1.165, 1.54) is 5.56 Å². The number of anilines is 1. The van der Waals surface area contributed by atoms with Crippen LogP contribution in [0.4, 0.5) is 5.69 Å². The highest BCUT2D eigenvalue weighted by atomic mass is 16.5. The predicted molar refractivity (Wildman–Crippen MR) is 80.9 cm³/mol. The molecule has 20 heavy (non-hydrogen) atoms. The van der Waals surface area contributed by atoms with Crippen LogP contribution in [0.2, 0.25) is 0 Å². The first-order chi connectivity index (χ1) is 9.81. The van der Waals surface area contributed by atoms with E-state index < -0.39 is 0 Å². The predicted octanol–water partition coefficient (Wildman–Crippen LogP) is 2.35. The smallest absolute Gasteiger partial charge is 0.242 e. The molecular formula is C16H24N2O2. The Morgan fingerprint density at radius 2 is 2.15 bits per heavy atom. The number of hydrogen-bond acceptors (Lipinski definition) is 3. The molecule has 4 nitrogen and oxygen atoms in total. The summed E-state index contributed by atoms with van der Waals surface area (Å²) in [6, 6.07) is 7.95. The van der Waals surface area contributed by atoms with Crippen molar-refractivity contribution in [2.24, 2.45) is 0 Å². The number of amides is 1. The second-order valence-corrected chi connectivity index (χ2v) is 5.17. The van der Waals surface area contributed by atoms with Gasteiger partial charge in [0, 0.05) is 31.9 Å². The zero-order chi connectivity index (χ0) is 14.2. The molecule has 1 amide bonds. The Morgan fingerprint density at radius 1 is 1.35 bits per heavy atom. The fourth-order valence-electron chi connectivity index (χ4n) is 2.31. The Morgan fingerprint density at radius 3 is 2.95 bits per heavy atom. The summed E-state index contributed by atoms with van der Waals surface area (Å²) >= 11 is 0. The Kier molecular flexibility index (Phi) is 5.87. The molecule has 0 unspecified atom stereocenters. The Bertz CT molecular complexity index is 409. The molecule has 1 aromatic rings. The molecule has 0 radical (unpaired) electrons. The normalized spacial score (nSPS) is 16.6. The van der Waals surface area contributed by atoms with Gasteiger partial charge in [0.2, 0.25) is 5.91 Å². The van der Waals surface area contributed by atoms with Gasteiger partial charge < -0.3 is 15.4 Å². The van der Waals surface area contributed by atoms with Crippen LogP contribution in [-0.4, -0.2) is 31.7 Å². The third kappa shape index (κ3) is 4.23. The van der Waals surface area contributed by atoms with Gasteiger partial charge in [-0.2, -0.15) is 0 Å². The summed E-state index contributed by atoms with van der Waals surface area (Å²) in [5, 5.41) is 6.23. The van der Waals surface area contributed by atoms with E-state index in [0.717, 1.165) is 44.6 Å². The lowest BCUT2D eigenvalue weighted by molar-refractivity contribution is -0.121. The molecule has 1 aromatic carbocycles. The average molecular weight is 276 g/mol. The molecule has 1 heterocycles. The van der Waals surface area contributed by atoms with Gasteiger partial charge in [-0.1, -0.05) is 31.5 Å². The average Bonchev–Trinajstić information content (AvgIpc) is 2.90. The monoisotopic (exact) mass is 276 g/mol. The van der Waals surface area contributed by atoms with E-state index in [9.17, 15) is 4.79 Å². The number of benzene rings is 1. The van der Waals surface area contributed by atoms with Gasteiger partial charge in [-0.05, 0) is 24.5 Å². The molecule has 1 aliphatic rings. The minimum absolute atomic E-state index is 0.0785. The number of ether oxygens (including phenoxy) is 1. The van der Waals surface area contributed by atoms with E-state index in [0.29, 0.717) is 6.54 Å². The molecule has 2 N–H and O–H groups in total. The van der Waals surface area contributed by atoms with Gasteiger partial charge >= 0.3 is 0 Å². The van der Waals surface area contributed by atoms with Crippen molar-refractivity contribution in [1.82, 2.24) is 5.32 Å². The lowest BCUT2D eigenvalue weighted by atomic mass is 10.1. The molecule has 0 fully saturated rings. The van der Waals surface area contributed by atoms with Crippen LogP contribution < -0.4 is 10.6 Å². The van der Waals surface area contributed by atoms with E-state index in [2.05, 4.69) is 23.6 Å². The molecule has 0 saturated carbocycles. The number of carbonyl (C=O) groups excluding carboxylic acids is 1. The van der Waals surface area contributed by atoms with Gasteiger partial charge in [-0.3, -0.25) is 4.79 Å². The molecule has 2 rings (SSSR count). The molecule has 0 saturated heterocycles. The minimum Gasteiger partial charge on any atom is -0.381 e. The van der Waals surface area contributed by atoms with E-state index in [-0.39, 0.29) is 11.9 Å². The summed E-state index contributed by atoms with van der Waals surface area (Å²) in [5.74, 6) is 0.0785. The van der Waals surface area contributed by atoms with Crippen molar-refractivity contribution in [3.05, 3.63) is 29.8 Å². The van der Waals surface area contributed by atoms with Crippen molar-refractivity contribution in [2.75, 3.05) is 25.1 Å². The van der Waals surface area contributed by atoms with Crippen molar-refractivity contribution < 1.29 is 9.53 Å². The van der Waals surface area contributed by atoms with E-state index >= 15 is 0 Å². The van der Waals surface area contributed by atoms with E-state index in [4.69, 9.17) is 4.74 Å². The summed E-state index contributed by atoms with van der Waals surface area (Å²) in [7, 11) is 0. The van der Waals surface area contributed by atoms with Crippen LogP contribution in [0.1, 0.15) is 31.7 Å². The number of unbranched alkanes of at least 4 members (excludes halogenated alkanes) is 1. The fourth-order valence-corrected chi connectivity index (χ4v) is 2.31. The Balaban J connectivity index is 1.60. The molecule has 4 heteroatoms. The van der Waals surface area contributed by atoms with Crippen LogP contribution >= 0.6 is 0 Å². The first-order valence-corrected chi connectivity index (χ1v) is 7.51. The van der Waals surface area contributed by atoms with E-state index in [1.54, 1.807) is 0 Å². The topological polar surface area (TPSA) is 50.4 Å². The lowest BCUT2D eigenvalue weighted by Gasteiger charge is -2.12. The number of fused-ring (bicyclic) bond motifs is 1. The maximum Gasteiger partial charge on any atom is 0.242 e. The minimum atomic E-state index is -0.131. The summed E-state index contributed by atoms with van der Waals surface area (Å²) in [6.07, 6.45) is 3.91. The van der Waals surface area contributed by atoms with Crippen LogP contribution in [0.15, 0.2) is 24.3 Å². The van der Waals surface area contributed by atoms with Crippen molar-refractivity contribution in [3.63, 3.8) is 0 Å². The van der Waals surface area contributed by atoms with Crippen molar-refractivity contribution in [2.45, 2.75) is 38.6 Å². The van der Waals surface area contributed by atoms with Crippen molar-refractivity contribution in [1.29, 1.82) is 0 Å². The Hall–Kier alpha value is -1.55. The maximum absolute atomic E-state index is 12.0. The Labute approximate surface area is 120 Å². The van der Waals surface area contributed by atoms with Crippen LogP contribution in [0.25, 0.3) is 0 Å². The number of rotatable bonds is 8. The van der Waals surface area contributed by atoms with E-state index in [1.807, 2.05) is 18.2 Å². The highest BCUT2D eigenvalue weighted by Gasteiger charge is 2.25. The fraction of sp³-hybridized carbons (Fsp3) is 0.562. The summed E-state index contributed by atoms with van der Waals surface area (Å²) in [4.78, 5) is 12.0. The van der Waals surface area contributed by atoms with Gasteiger partial charge in [-0.15, -0.1) is 0 Å². The SMILES string of the molecule is CCCCOCCCNC(=O)[C@@H]1Cc2ccccc2N1. The van der Waals surface area contributed by atoms with Gasteiger partial charge in [-0.25, -0.2) is 0 Å². The van der Waals surface area contributed by atoms with Crippen LogP contribution in [0.5, 0.6) is 0 Å². The molecule has 0 bridgehead atoms. The van der Waals surface area contributed by atoms with Crippen LogP contribution in [-0.2, 0) is 16.0 Å². The largest absolute Gasteiger partial charge is 0.381 e.